The predicted octanol–water partition coefficient (Wildman–Crippen LogP) is 6.02. The Morgan fingerprint density at radius 3 is 2.32 bits per heavy atom. The highest BCUT2D eigenvalue weighted by atomic mass is 19.1. The van der Waals surface area contributed by atoms with E-state index < -0.39 is 0 Å². The quantitative estimate of drug-likeness (QED) is 0.612. The molecule has 0 aromatic heterocycles. The number of halogens is 1. The Bertz CT molecular complexity index is 732. The molecule has 0 saturated heterocycles. The molecular weight excluding hydrogens is 311 g/mol. The van der Waals surface area contributed by atoms with E-state index in [9.17, 15) is 4.39 Å². The molecule has 0 aliphatic heterocycles. The molecule has 1 nitrogen and oxygen atoms in total. The van der Waals surface area contributed by atoms with E-state index in [2.05, 4.69) is 24.3 Å². The summed E-state index contributed by atoms with van der Waals surface area (Å²) in [6.07, 6.45) is 8.15. The van der Waals surface area contributed by atoms with Gasteiger partial charge in [-0.2, -0.15) is 0 Å². The molecule has 2 heteroatoms. The van der Waals surface area contributed by atoms with E-state index in [1.807, 2.05) is 12.1 Å². The van der Waals surface area contributed by atoms with Gasteiger partial charge in [-0.1, -0.05) is 55.3 Å². The van der Waals surface area contributed by atoms with Crippen LogP contribution in [0.2, 0.25) is 0 Å². The van der Waals surface area contributed by atoms with Gasteiger partial charge in [0.25, 0.3) is 0 Å². The Morgan fingerprint density at radius 2 is 1.52 bits per heavy atom. The monoisotopic (exact) mass is 338 g/mol. The molecule has 0 unspecified atom stereocenters. The van der Waals surface area contributed by atoms with Gasteiger partial charge in [-0.25, -0.2) is 4.39 Å². The fraction of sp³-hybridized carbons (Fsp3) is 0.391. The molecule has 0 heterocycles. The van der Waals surface area contributed by atoms with Gasteiger partial charge < -0.3 is 5.11 Å². The van der Waals surface area contributed by atoms with Crippen LogP contribution in [0.4, 0.5) is 4.39 Å². The van der Waals surface area contributed by atoms with E-state index in [-0.39, 0.29) is 12.4 Å². The zero-order valence-corrected chi connectivity index (χ0v) is 14.8. The number of benzene rings is 2. The van der Waals surface area contributed by atoms with Gasteiger partial charge in [0.05, 0.1) is 0 Å². The molecule has 3 rings (SSSR count). The van der Waals surface area contributed by atoms with Crippen LogP contribution in [-0.2, 0) is 6.42 Å². The van der Waals surface area contributed by atoms with E-state index in [4.69, 9.17) is 5.11 Å². The maximum atomic E-state index is 14.5. The number of aliphatic hydroxyl groups is 1. The third-order valence-corrected chi connectivity index (χ3v) is 5.11. The van der Waals surface area contributed by atoms with E-state index in [0.29, 0.717) is 0 Å². The summed E-state index contributed by atoms with van der Waals surface area (Å²) in [5, 5.41) is 8.95. The van der Waals surface area contributed by atoms with Crippen LogP contribution in [0.15, 0.2) is 48.5 Å². The van der Waals surface area contributed by atoms with Crippen molar-refractivity contribution in [3.05, 3.63) is 71.0 Å². The van der Waals surface area contributed by atoms with Crippen molar-refractivity contribution in [2.24, 2.45) is 0 Å². The topological polar surface area (TPSA) is 20.2 Å². The second-order valence-electron chi connectivity index (χ2n) is 6.84. The second-order valence-corrected chi connectivity index (χ2v) is 6.84. The molecule has 0 amide bonds. The van der Waals surface area contributed by atoms with Crippen LogP contribution in [0.25, 0.3) is 11.1 Å². The lowest BCUT2D eigenvalue weighted by molar-refractivity contribution is 0.282. The Hall–Kier alpha value is -1.93. The average molecular weight is 338 g/mol. The molecule has 25 heavy (non-hydrogen) atoms. The molecule has 0 bridgehead atoms. The van der Waals surface area contributed by atoms with E-state index >= 15 is 0 Å². The van der Waals surface area contributed by atoms with Gasteiger partial charge >= 0.3 is 0 Å². The van der Waals surface area contributed by atoms with Gasteiger partial charge in [0.1, 0.15) is 5.82 Å². The fourth-order valence-electron chi connectivity index (χ4n) is 3.86. The van der Waals surface area contributed by atoms with E-state index in [1.165, 1.54) is 22.3 Å². The number of allylic oxidation sites excluding steroid dienone is 2. The standard InChI is InChI=1S/C23H27FO/c24-23-16-7-6-14-22(23)21-15-9-11-18-10-4-5-12-19(18)20(21)13-3-1-2-8-17-25/h4-7,10,12,14,16,25H,1-3,8-9,11,13,15,17H2. The van der Waals surface area contributed by atoms with E-state index in [1.54, 1.807) is 12.1 Å². The van der Waals surface area contributed by atoms with Gasteiger partial charge in [-0.3, -0.25) is 0 Å². The van der Waals surface area contributed by atoms with Gasteiger partial charge in [0, 0.05) is 12.2 Å². The Balaban J connectivity index is 1.96. The molecule has 2 aromatic carbocycles. The number of rotatable bonds is 7. The first kappa shape index (κ1) is 17.9. The van der Waals surface area contributed by atoms with Crippen LogP contribution in [0.1, 0.15) is 61.6 Å². The van der Waals surface area contributed by atoms with Gasteiger partial charge in [0.15, 0.2) is 0 Å². The van der Waals surface area contributed by atoms with Crippen molar-refractivity contribution in [1.82, 2.24) is 0 Å². The molecule has 0 spiro atoms. The minimum atomic E-state index is -0.116. The number of hydrogen-bond acceptors (Lipinski definition) is 1. The van der Waals surface area contributed by atoms with Crippen LogP contribution in [0.3, 0.4) is 0 Å². The summed E-state index contributed by atoms with van der Waals surface area (Å²) in [4.78, 5) is 0. The molecule has 0 fully saturated rings. The van der Waals surface area contributed by atoms with Crippen LogP contribution in [0.5, 0.6) is 0 Å². The van der Waals surface area contributed by atoms with Crippen molar-refractivity contribution in [1.29, 1.82) is 0 Å². The number of aryl methyl sites for hydroxylation is 1. The number of hydrogen-bond donors (Lipinski definition) is 1. The van der Waals surface area contributed by atoms with Crippen molar-refractivity contribution < 1.29 is 9.50 Å². The minimum Gasteiger partial charge on any atom is -0.396 e. The first-order valence-corrected chi connectivity index (χ1v) is 9.47. The molecule has 1 N–H and O–H groups in total. The number of aliphatic hydroxyl groups excluding tert-OH is 1. The lowest BCUT2D eigenvalue weighted by atomic mass is 9.89. The Kier molecular flexibility index (Phi) is 6.41. The molecule has 1 aliphatic rings. The van der Waals surface area contributed by atoms with Crippen molar-refractivity contribution in [3.63, 3.8) is 0 Å². The Morgan fingerprint density at radius 1 is 0.800 bits per heavy atom. The molecule has 132 valence electrons. The van der Waals surface area contributed by atoms with Crippen LogP contribution >= 0.6 is 0 Å². The number of fused-ring (bicyclic) bond motifs is 1. The summed E-state index contributed by atoms with van der Waals surface area (Å²) in [5.41, 5.74) is 5.97. The third kappa shape index (κ3) is 4.38. The normalized spacial score (nSPS) is 14.3. The van der Waals surface area contributed by atoms with Gasteiger partial charge in [0.2, 0.25) is 0 Å². The molecule has 0 saturated carbocycles. The van der Waals surface area contributed by atoms with Crippen LogP contribution < -0.4 is 0 Å². The van der Waals surface area contributed by atoms with Crippen molar-refractivity contribution >= 4 is 11.1 Å². The summed E-state index contributed by atoms with van der Waals surface area (Å²) in [7, 11) is 0. The molecular formula is C23H27FO. The Labute approximate surface area is 150 Å². The zero-order valence-electron chi connectivity index (χ0n) is 14.8. The fourth-order valence-corrected chi connectivity index (χ4v) is 3.86. The second kappa shape index (κ2) is 8.96. The van der Waals surface area contributed by atoms with Crippen molar-refractivity contribution in [2.45, 2.75) is 51.4 Å². The first-order chi connectivity index (χ1) is 12.3. The zero-order chi connectivity index (χ0) is 17.5. The summed E-state index contributed by atoms with van der Waals surface area (Å²) >= 11 is 0. The summed E-state index contributed by atoms with van der Waals surface area (Å²) < 4.78 is 14.5. The maximum absolute atomic E-state index is 14.5. The van der Waals surface area contributed by atoms with Gasteiger partial charge in [-0.15, -0.1) is 0 Å². The largest absolute Gasteiger partial charge is 0.396 e. The highest BCUT2D eigenvalue weighted by Gasteiger charge is 2.19. The SMILES string of the molecule is OCCCCCCC1=C(c2ccccc2F)CCCc2ccccc21. The summed E-state index contributed by atoms with van der Waals surface area (Å²) in [6.45, 7) is 0.270. The molecule has 1 aliphatic carbocycles. The minimum absolute atomic E-state index is 0.116. The summed E-state index contributed by atoms with van der Waals surface area (Å²) in [5.74, 6) is -0.116. The predicted molar refractivity (Wildman–Crippen MR) is 103 cm³/mol. The highest BCUT2D eigenvalue weighted by molar-refractivity contribution is 5.92. The van der Waals surface area contributed by atoms with Gasteiger partial charge in [-0.05, 0) is 66.9 Å². The van der Waals surface area contributed by atoms with Crippen LogP contribution in [-0.4, -0.2) is 11.7 Å². The average Bonchev–Trinajstić information content (AvgIpc) is 2.82. The van der Waals surface area contributed by atoms with Crippen molar-refractivity contribution in [2.75, 3.05) is 6.61 Å². The highest BCUT2D eigenvalue weighted by Crippen LogP contribution is 2.39. The molecule has 0 atom stereocenters. The summed E-state index contributed by atoms with van der Waals surface area (Å²) in [6, 6.07) is 15.8. The smallest absolute Gasteiger partial charge is 0.130 e. The number of unbranched alkanes of at least 4 members (excludes halogenated alkanes) is 3. The van der Waals surface area contributed by atoms with E-state index in [0.717, 1.165) is 56.9 Å². The lowest BCUT2D eigenvalue weighted by Crippen LogP contribution is -1.96. The lowest BCUT2D eigenvalue weighted by Gasteiger charge is -2.16. The maximum Gasteiger partial charge on any atom is 0.130 e. The molecule has 2 aromatic rings. The van der Waals surface area contributed by atoms with Crippen molar-refractivity contribution in [3.8, 4) is 0 Å². The van der Waals surface area contributed by atoms with Crippen LogP contribution in [0, 0.1) is 5.82 Å². The molecule has 0 radical (unpaired) electrons. The first-order valence-electron chi connectivity index (χ1n) is 9.47. The third-order valence-electron chi connectivity index (χ3n) is 5.11.